The normalized spacial score (nSPS) is 11.2. The van der Waals surface area contributed by atoms with Crippen molar-refractivity contribution >= 4 is 33.4 Å². The Hall–Kier alpha value is -2.03. The maximum Gasteiger partial charge on any atom is 0.264 e. The average molecular weight is 423 g/mol. The zero-order valence-electron chi connectivity index (χ0n) is 16.3. The van der Waals surface area contributed by atoms with Crippen LogP contribution in [0.4, 0.5) is 5.69 Å². The van der Waals surface area contributed by atoms with E-state index in [9.17, 15) is 13.2 Å². The molecular weight excluding hydrogens is 396 g/mol. The fourth-order valence-corrected chi connectivity index (χ4v) is 4.36. The smallest absolute Gasteiger partial charge is 0.264 e. The second-order valence-electron chi connectivity index (χ2n) is 6.22. The topological polar surface area (TPSA) is 75.7 Å². The number of aryl methyl sites for hydroxylation is 1. The van der Waals surface area contributed by atoms with Gasteiger partial charge in [0.1, 0.15) is 6.54 Å². The predicted molar refractivity (Wildman–Crippen MR) is 113 cm³/mol. The quantitative estimate of drug-likeness (QED) is 0.470. The van der Waals surface area contributed by atoms with Crippen LogP contribution in [-0.4, -0.2) is 47.4 Å². The van der Waals surface area contributed by atoms with Crippen LogP contribution in [0.3, 0.4) is 0 Å². The molecular formula is C20H26N2O4S2. The number of sulfonamides is 1. The highest BCUT2D eigenvalue weighted by molar-refractivity contribution is 7.98. The molecule has 2 aromatic rings. The number of anilines is 1. The van der Waals surface area contributed by atoms with Crippen LogP contribution >= 0.6 is 11.8 Å². The van der Waals surface area contributed by atoms with Gasteiger partial charge in [0.15, 0.2) is 0 Å². The Morgan fingerprint density at radius 3 is 2.32 bits per heavy atom. The fourth-order valence-electron chi connectivity index (χ4n) is 2.53. The van der Waals surface area contributed by atoms with Gasteiger partial charge < -0.3 is 10.1 Å². The maximum atomic E-state index is 13.2. The summed E-state index contributed by atoms with van der Waals surface area (Å²) in [6, 6.07) is 13.7. The van der Waals surface area contributed by atoms with Gasteiger partial charge in [-0.2, -0.15) is 0 Å². The van der Waals surface area contributed by atoms with Crippen LogP contribution in [0.15, 0.2) is 58.3 Å². The predicted octanol–water partition coefficient (Wildman–Crippen LogP) is 3.06. The monoisotopic (exact) mass is 422 g/mol. The van der Waals surface area contributed by atoms with Crippen LogP contribution in [-0.2, 0) is 19.6 Å². The Labute approximate surface area is 171 Å². The number of hydrogen-bond donors (Lipinski definition) is 1. The third-order valence-electron chi connectivity index (χ3n) is 4.10. The van der Waals surface area contributed by atoms with Crippen molar-refractivity contribution in [1.82, 2.24) is 5.32 Å². The molecule has 0 aliphatic heterocycles. The highest BCUT2D eigenvalue weighted by Gasteiger charge is 2.27. The van der Waals surface area contributed by atoms with Crippen LogP contribution in [0, 0.1) is 6.92 Å². The molecule has 0 radical (unpaired) electrons. The molecule has 0 bridgehead atoms. The van der Waals surface area contributed by atoms with Crippen LogP contribution in [0.1, 0.15) is 12.0 Å². The first kappa shape index (κ1) is 22.3. The zero-order chi connectivity index (χ0) is 20.6. The van der Waals surface area contributed by atoms with Gasteiger partial charge in [0, 0.05) is 25.2 Å². The number of rotatable bonds is 10. The molecule has 1 N–H and O–H groups in total. The van der Waals surface area contributed by atoms with Gasteiger partial charge in [0.2, 0.25) is 5.91 Å². The maximum absolute atomic E-state index is 13.2. The molecule has 0 aliphatic carbocycles. The number of methoxy groups -OCH3 is 1. The van der Waals surface area contributed by atoms with Crippen LogP contribution in [0.25, 0.3) is 0 Å². The van der Waals surface area contributed by atoms with Crippen LogP contribution in [0.2, 0.25) is 0 Å². The molecule has 8 heteroatoms. The Morgan fingerprint density at radius 2 is 1.75 bits per heavy atom. The molecule has 152 valence electrons. The third kappa shape index (κ3) is 5.98. The summed E-state index contributed by atoms with van der Waals surface area (Å²) in [6.45, 7) is 2.59. The van der Waals surface area contributed by atoms with Gasteiger partial charge in [0.25, 0.3) is 10.0 Å². The standard InChI is InChI=1S/C20H26N2O4S2/c1-16-5-7-17(8-6-16)22(15-20(23)21-13-4-14-26-2)28(24,25)19-11-9-18(27-3)10-12-19/h5-12H,4,13-15H2,1-3H3,(H,21,23). The number of benzene rings is 2. The van der Waals surface area contributed by atoms with E-state index >= 15 is 0 Å². The van der Waals surface area contributed by atoms with E-state index in [0.717, 1.165) is 14.8 Å². The van der Waals surface area contributed by atoms with Crippen molar-refractivity contribution in [2.45, 2.75) is 23.1 Å². The van der Waals surface area contributed by atoms with Gasteiger partial charge in [0.05, 0.1) is 10.6 Å². The molecule has 0 spiro atoms. The van der Waals surface area contributed by atoms with E-state index < -0.39 is 10.0 Å². The first-order chi connectivity index (χ1) is 13.4. The second kappa shape index (κ2) is 10.5. The van der Waals surface area contributed by atoms with Crippen molar-refractivity contribution in [3.63, 3.8) is 0 Å². The van der Waals surface area contributed by atoms with Gasteiger partial charge >= 0.3 is 0 Å². The Kier molecular flexibility index (Phi) is 8.35. The number of ether oxygens (including phenoxy) is 1. The summed E-state index contributed by atoms with van der Waals surface area (Å²) in [5.74, 6) is -0.360. The number of hydrogen-bond acceptors (Lipinski definition) is 5. The lowest BCUT2D eigenvalue weighted by molar-refractivity contribution is -0.119. The number of thioether (sulfide) groups is 1. The lowest BCUT2D eigenvalue weighted by Crippen LogP contribution is -2.41. The molecule has 0 aliphatic rings. The van der Waals surface area contributed by atoms with E-state index in [-0.39, 0.29) is 17.3 Å². The number of carbonyl (C=O) groups excluding carboxylic acids is 1. The minimum Gasteiger partial charge on any atom is -0.385 e. The molecule has 1 amide bonds. The van der Waals surface area contributed by atoms with Crippen molar-refractivity contribution in [2.75, 3.05) is 37.4 Å². The van der Waals surface area contributed by atoms with Crippen molar-refractivity contribution in [2.24, 2.45) is 0 Å². The molecule has 0 fully saturated rings. The van der Waals surface area contributed by atoms with E-state index in [2.05, 4.69) is 5.32 Å². The first-order valence-corrected chi connectivity index (χ1v) is 11.5. The fraction of sp³-hybridized carbons (Fsp3) is 0.350. The van der Waals surface area contributed by atoms with Gasteiger partial charge in [-0.25, -0.2) is 8.42 Å². The summed E-state index contributed by atoms with van der Waals surface area (Å²) in [6.07, 6.45) is 2.59. The number of amides is 1. The molecule has 2 aromatic carbocycles. The van der Waals surface area contributed by atoms with Gasteiger partial charge in [-0.15, -0.1) is 11.8 Å². The number of nitrogens with one attached hydrogen (secondary N) is 1. The minimum absolute atomic E-state index is 0.151. The van der Waals surface area contributed by atoms with E-state index in [1.165, 1.54) is 11.8 Å². The minimum atomic E-state index is -3.88. The van der Waals surface area contributed by atoms with Crippen LogP contribution in [0.5, 0.6) is 0 Å². The lowest BCUT2D eigenvalue weighted by Gasteiger charge is -2.24. The number of carbonyl (C=O) groups is 1. The number of nitrogens with zero attached hydrogens (tertiary/aromatic N) is 1. The van der Waals surface area contributed by atoms with Crippen LogP contribution < -0.4 is 9.62 Å². The van der Waals surface area contributed by atoms with E-state index in [1.807, 2.05) is 25.3 Å². The van der Waals surface area contributed by atoms with Crippen molar-refractivity contribution < 1.29 is 17.9 Å². The molecule has 0 unspecified atom stereocenters. The highest BCUT2D eigenvalue weighted by atomic mass is 32.2. The average Bonchev–Trinajstić information content (AvgIpc) is 2.70. The van der Waals surface area contributed by atoms with Gasteiger partial charge in [-0.05, 0) is 56.0 Å². The Morgan fingerprint density at radius 1 is 1.11 bits per heavy atom. The van der Waals surface area contributed by atoms with Crippen molar-refractivity contribution in [3.8, 4) is 0 Å². The van der Waals surface area contributed by atoms with E-state index in [0.29, 0.717) is 25.3 Å². The van der Waals surface area contributed by atoms with Gasteiger partial charge in [-0.3, -0.25) is 9.10 Å². The molecule has 28 heavy (non-hydrogen) atoms. The Balaban J connectivity index is 2.28. The van der Waals surface area contributed by atoms with Crippen molar-refractivity contribution in [1.29, 1.82) is 0 Å². The molecule has 0 saturated heterocycles. The summed E-state index contributed by atoms with van der Waals surface area (Å²) in [5.41, 5.74) is 1.46. The second-order valence-corrected chi connectivity index (χ2v) is 8.96. The third-order valence-corrected chi connectivity index (χ3v) is 6.64. The lowest BCUT2D eigenvalue weighted by atomic mass is 10.2. The zero-order valence-corrected chi connectivity index (χ0v) is 18.0. The summed E-state index contributed by atoms with van der Waals surface area (Å²) < 4.78 is 32.6. The first-order valence-electron chi connectivity index (χ1n) is 8.87. The molecule has 2 rings (SSSR count). The summed E-state index contributed by atoms with van der Waals surface area (Å²) in [5, 5.41) is 2.74. The molecule has 0 heterocycles. The summed E-state index contributed by atoms with van der Waals surface area (Å²) in [4.78, 5) is 13.5. The Bertz CT molecular complexity index is 866. The van der Waals surface area contributed by atoms with E-state index in [1.54, 1.807) is 43.5 Å². The largest absolute Gasteiger partial charge is 0.385 e. The molecule has 0 aromatic heterocycles. The van der Waals surface area contributed by atoms with E-state index in [4.69, 9.17) is 4.74 Å². The summed E-state index contributed by atoms with van der Waals surface area (Å²) >= 11 is 1.54. The molecule has 6 nitrogen and oxygen atoms in total. The van der Waals surface area contributed by atoms with Crippen molar-refractivity contribution in [3.05, 3.63) is 54.1 Å². The molecule has 0 saturated carbocycles. The SMILES string of the molecule is COCCCNC(=O)CN(c1ccc(C)cc1)S(=O)(=O)c1ccc(SC)cc1. The van der Waals surface area contributed by atoms with Gasteiger partial charge in [-0.1, -0.05) is 17.7 Å². The molecule has 0 atom stereocenters. The highest BCUT2D eigenvalue weighted by Crippen LogP contribution is 2.25. The summed E-state index contributed by atoms with van der Waals surface area (Å²) in [7, 11) is -2.29.